The molecule has 6 heteroatoms. The lowest BCUT2D eigenvalue weighted by Crippen LogP contribution is -2.30. The summed E-state index contributed by atoms with van der Waals surface area (Å²) in [5.41, 5.74) is 0.848. The van der Waals surface area contributed by atoms with Gasteiger partial charge in [-0.05, 0) is 36.1 Å². The number of aliphatic hydroxyl groups excluding tert-OH is 1. The van der Waals surface area contributed by atoms with Gasteiger partial charge in [0.1, 0.15) is 0 Å². The van der Waals surface area contributed by atoms with Gasteiger partial charge in [0.15, 0.2) is 0 Å². The van der Waals surface area contributed by atoms with Gasteiger partial charge in [-0.2, -0.15) is 0 Å². The highest BCUT2D eigenvalue weighted by molar-refractivity contribution is 7.14. The Hall–Kier alpha value is -1.79. The lowest BCUT2D eigenvalue weighted by molar-refractivity contribution is 0.159. The molecule has 0 aliphatic heterocycles. The molecule has 102 valence electrons. The van der Waals surface area contributed by atoms with E-state index in [1.807, 2.05) is 47.5 Å². The first-order valence-corrected chi connectivity index (χ1v) is 6.92. The molecular formula is C13H17N3O2S. The van der Waals surface area contributed by atoms with Crippen LogP contribution in [0.5, 0.6) is 0 Å². The minimum absolute atomic E-state index is 0.249. The van der Waals surface area contributed by atoms with Crippen LogP contribution in [-0.4, -0.2) is 22.2 Å². The van der Waals surface area contributed by atoms with E-state index in [9.17, 15) is 9.90 Å². The van der Waals surface area contributed by atoms with Gasteiger partial charge in [0.05, 0.1) is 11.1 Å². The molecule has 2 aromatic rings. The Bertz CT molecular complexity index is 522. The first-order valence-electron chi connectivity index (χ1n) is 6.04. The highest BCUT2D eigenvalue weighted by Gasteiger charge is 2.10. The summed E-state index contributed by atoms with van der Waals surface area (Å²) < 4.78 is 1.87. The highest BCUT2D eigenvalue weighted by Crippen LogP contribution is 2.16. The maximum atomic E-state index is 11.5. The molecule has 0 radical (unpaired) electrons. The third kappa shape index (κ3) is 3.84. The summed E-state index contributed by atoms with van der Waals surface area (Å²) in [7, 11) is 1.88. The molecule has 0 aromatic carbocycles. The number of aromatic nitrogens is 1. The Morgan fingerprint density at radius 1 is 1.47 bits per heavy atom. The van der Waals surface area contributed by atoms with E-state index < -0.39 is 6.10 Å². The molecule has 19 heavy (non-hydrogen) atoms. The second-order valence-corrected chi connectivity index (χ2v) is 5.15. The topological polar surface area (TPSA) is 66.3 Å². The molecule has 0 saturated heterocycles. The lowest BCUT2D eigenvalue weighted by atomic mass is 10.2. The van der Waals surface area contributed by atoms with Gasteiger partial charge in [-0.15, -0.1) is 11.3 Å². The number of thiophene rings is 1. The first kappa shape index (κ1) is 13.6. The first-order chi connectivity index (χ1) is 9.16. The predicted molar refractivity (Wildman–Crippen MR) is 76.3 cm³/mol. The standard InChI is InChI=1S/C13H17N3O2S/c1-16-8-2-4-10(16)11(17)6-7-14-13(18)15-12-5-3-9-19-12/h2-5,8-9,11,17H,6-7H2,1H3,(H2,14,15,18). The van der Waals surface area contributed by atoms with Crippen molar-refractivity contribution in [3.05, 3.63) is 41.5 Å². The summed E-state index contributed by atoms with van der Waals surface area (Å²) >= 11 is 1.47. The predicted octanol–water partition coefficient (Wildman–Crippen LogP) is 2.33. The highest BCUT2D eigenvalue weighted by atomic mass is 32.1. The molecule has 3 N–H and O–H groups in total. The maximum absolute atomic E-state index is 11.5. The third-order valence-electron chi connectivity index (χ3n) is 2.79. The molecule has 5 nitrogen and oxygen atoms in total. The van der Waals surface area contributed by atoms with Gasteiger partial charge in [-0.25, -0.2) is 4.79 Å². The summed E-state index contributed by atoms with van der Waals surface area (Å²) in [6, 6.07) is 7.22. The van der Waals surface area contributed by atoms with Crippen molar-refractivity contribution >= 4 is 22.4 Å². The van der Waals surface area contributed by atoms with E-state index in [4.69, 9.17) is 0 Å². The number of aliphatic hydroxyl groups is 1. The van der Waals surface area contributed by atoms with E-state index in [1.54, 1.807) is 0 Å². The Labute approximate surface area is 115 Å². The van der Waals surface area contributed by atoms with Crippen LogP contribution in [0.25, 0.3) is 0 Å². The van der Waals surface area contributed by atoms with Crippen LogP contribution in [0.4, 0.5) is 9.80 Å². The fourth-order valence-electron chi connectivity index (χ4n) is 1.80. The number of aryl methyl sites for hydroxylation is 1. The molecule has 0 spiro atoms. The van der Waals surface area contributed by atoms with E-state index in [2.05, 4.69) is 10.6 Å². The van der Waals surface area contributed by atoms with Crippen molar-refractivity contribution in [1.29, 1.82) is 0 Å². The van der Waals surface area contributed by atoms with Crippen molar-refractivity contribution in [1.82, 2.24) is 9.88 Å². The van der Waals surface area contributed by atoms with Crippen molar-refractivity contribution < 1.29 is 9.90 Å². The van der Waals surface area contributed by atoms with E-state index in [1.165, 1.54) is 11.3 Å². The molecule has 1 unspecified atom stereocenters. The molecule has 2 rings (SSSR count). The molecule has 0 aliphatic rings. The zero-order valence-electron chi connectivity index (χ0n) is 10.7. The number of hydrogen-bond acceptors (Lipinski definition) is 3. The molecule has 0 saturated carbocycles. The van der Waals surface area contributed by atoms with Crippen LogP contribution in [0.15, 0.2) is 35.8 Å². The molecule has 0 fully saturated rings. The van der Waals surface area contributed by atoms with Crippen LogP contribution in [0, 0.1) is 0 Å². The summed E-state index contributed by atoms with van der Waals surface area (Å²) in [5, 5.41) is 18.1. The van der Waals surface area contributed by atoms with Gasteiger partial charge in [0.25, 0.3) is 0 Å². The Morgan fingerprint density at radius 3 is 2.95 bits per heavy atom. The largest absolute Gasteiger partial charge is 0.387 e. The number of nitrogens with zero attached hydrogens (tertiary/aromatic N) is 1. The zero-order valence-corrected chi connectivity index (χ0v) is 11.5. The fraction of sp³-hybridized carbons (Fsp3) is 0.308. The minimum atomic E-state index is -0.568. The average Bonchev–Trinajstić information content (AvgIpc) is 3.00. The van der Waals surface area contributed by atoms with E-state index >= 15 is 0 Å². The van der Waals surface area contributed by atoms with E-state index in [0.29, 0.717) is 13.0 Å². The van der Waals surface area contributed by atoms with Gasteiger partial charge in [-0.1, -0.05) is 0 Å². The molecule has 2 aromatic heterocycles. The van der Waals surface area contributed by atoms with Gasteiger partial charge in [0.2, 0.25) is 0 Å². The summed E-state index contributed by atoms with van der Waals surface area (Å²) in [4.78, 5) is 11.5. The fourth-order valence-corrected chi connectivity index (χ4v) is 2.41. The third-order valence-corrected chi connectivity index (χ3v) is 3.57. The molecule has 2 amide bonds. The number of nitrogens with one attached hydrogen (secondary N) is 2. The Morgan fingerprint density at radius 2 is 2.32 bits per heavy atom. The molecular weight excluding hydrogens is 262 g/mol. The van der Waals surface area contributed by atoms with Gasteiger partial charge < -0.3 is 15.0 Å². The summed E-state index contributed by atoms with van der Waals surface area (Å²) in [5.74, 6) is 0. The number of carbonyl (C=O) groups is 1. The normalized spacial score (nSPS) is 12.1. The van der Waals surface area contributed by atoms with Gasteiger partial charge >= 0.3 is 6.03 Å². The van der Waals surface area contributed by atoms with Crippen molar-refractivity contribution in [3.63, 3.8) is 0 Å². The number of rotatable bonds is 5. The number of urea groups is 1. The number of hydrogen-bond donors (Lipinski definition) is 3. The van der Waals surface area contributed by atoms with Crippen LogP contribution in [0.2, 0.25) is 0 Å². The Kier molecular flexibility index (Phi) is 4.59. The summed E-state index contributed by atoms with van der Waals surface area (Å²) in [6.45, 7) is 0.420. The SMILES string of the molecule is Cn1cccc1C(O)CCNC(=O)Nc1cccs1. The van der Waals surface area contributed by atoms with Gasteiger partial charge in [-0.3, -0.25) is 5.32 Å². The Balaban J connectivity index is 1.72. The van der Waals surface area contributed by atoms with E-state index in [0.717, 1.165) is 10.7 Å². The minimum Gasteiger partial charge on any atom is -0.387 e. The van der Waals surface area contributed by atoms with Crippen molar-refractivity contribution in [3.8, 4) is 0 Å². The molecule has 0 aliphatic carbocycles. The summed E-state index contributed by atoms with van der Waals surface area (Å²) in [6.07, 6.45) is 1.80. The molecule has 1 atom stereocenters. The van der Waals surface area contributed by atoms with Crippen LogP contribution in [0.3, 0.4) is 0 Å². The quantitative estimate of drug-likeness (QED) is 0.786. The lowest BCUT2D eigenvalue weighted by Gasteiger charge is -2.12. The van der Waals surface area contributed by atoms with Crippen LogP contribution in [0.1, 0.15) is 18.2 Å². The molecule has 0 bridgehead atoms. The monoisotopic (exact) mass is 279 g/mol. The maximum Gasteiger partial charge on any atom is 0.319 e. The zero-order chi connectivity index (χ0) is 13.7. The average molecular weight is 279 g/mol. The van der Waals surface area contributed by atoms with Crippen LogP contribution in [-0.2, 0) is 7.05 Å². The van der Waals surface area contributed by atoms with Crippen LogP contribution >= 0.6 is 11.3 Å². The second-order valence-electron chi connectivity index (χ2n) is 4.21. The number of carbonyl (C=O) groups excluding carboxylic acids is 1. The second kappa shape index (κ2) is 6.40. The van der Waals surface area contributed by atoms with E-state index in [-0.39, 0.29) is 6.03 Å². The number of amides is 2. The van der Waals surface area contributed by atoms with Gasteiger partial charge in [0, 0.05) is 25.5 Å². The van der Waals surface area contributed by atoms with Crippen molar-refractivity contribution in [2.75, 3.05) is 11.9 Å². The van der Waals surface area contributed by atoms with Crippen molar-refractivity contribution in [2.45, 2.75) is 12.5 Å². The number of anilines is 1. The van der Waals surface area contributed by atoms with Crippen LogP contribution < -0.4 is 10.6 Å². The van der Waals surface area contributed by atoms with Crippen molar-refractivity contribution in [2.24, 2.45) is 7.05 Å². The molecule has 2 heterocycles. The smallest absolute Gasteiger partial charge is 0.319 e.